The van der Waals surface area contributed by atoms with E-state index in [0.29, 0.717) is 43.1 Å². The van der Waals surface area contributed by atoms with Crippen molar-refractivity contribution in [2.75, 3.05) is 48.7 Å². The van der Waals surface area contributed by atoms with E-state index in [1.54, 1.807) is 46.4 Å². The lowest BCUT2D eigenvalue weighted by Gasteiger charge is -2.22. The number of nitrogens with one attached hydrogen (secondary N) is 2. The van der Waals surface area contributed by atoms with Crippen LogP contribution in [0, 0.1) is 0 Å². The molecule has 1 saturated heterocycles. The highest BCUT2D eigenvalue weighted by atomic mass is 79.9. The van der Waals surface area contributed by atoms with Crippen LogP contribution in [0.25, 0.3) is 33.1 Å². The summed E-state index contributed by atoms with van der Waals surface area (Å²) in [7, 11) is -2.25. The third-order valence-electron chi connectivity index (χ3n) is 15.8. The zero-order valence-electron chi connectivity index (χ0n) is 50.6. The minimum absolute atomic E-state index is 0.348. The van der Waals surface area contributed by atoms with Crippen molar-refractivity contribution < 1.29 is 14.2 Å². The first-order valence-corrected chi connectivity index (χ1v) is 42.0. The molecule has 0 amide bonds. The Morgan fingerprint density at radius 1 is 0.621 bits per heavy atom. The molecule has 87 heavy (non-hydrogen) atoms. The number of aromatic nitrogens is 12. The maximum atomic E-state index is 6.09. The summed E-state index contributed by atoms with van der Waals surface area (Å²) in [6, 6.07) is 20.4. The number of pyridine rings is 6. The molecule has 19 nitrogen and oxygen atoms in total. The summed E-state index contributed by atoms with van der Waals surface area (Å²) in [5, 5.41) is 34.5. The average Bonchev–Trinajstić information content (AvgIpc) is 3.16. The zero-order valence-corrected chi connectivity index (χ0v) is 58.2. The molecular formula is C61H78Br2N16O3S3Si2. The van der Waals surface area contributed by atoms with Gasteiger partial charge in [0.15, 0.2) is 5.82 Å². The van der Waals surface area contributed by atoms with Gasteiger partial charge in [-0.3, -0.25) is 19.9 Å². The minimum atomic E-state index is -1.14. The van der Waals surface area contributed by atoms with Gasteiger partial charge in [0.25, 0.3) is 0 Å². The summed E-state index contributed by atoms with van der Waals surface area (Å²) < 4.78 is 21.2. The Bertz CT molecular complexity index is 3800. The molecule has 0 aromatic carbocycles. The lowest BCUT2D eigenvalue weighted by atomic mass is 10.1. The molecule has 2 N–H and O–H groups in total. The van der Waals surface area contributed by atoms with Crippen LogP contribution in [-0.4, -0.2) is 115 Å². The van der Waals surface area contributed by atoms with E-state index in [2.05, 4.69) is 122 Å². The fraction of sp³-hybridized carbons (Fsp3) is 0.508. The third kappa shape index (κ3) is 18.0. The third-order valence-corrected chi connectivity index (χ3v) is 23.3. The molecule has 1 unspecified atom stereocenters. The van der Waals surface area contributed by atoms with Gasteiger partial charge in [-0.1, -0.05) is 112 Å². The molecular weight excluding hydrogens is 1320 g/mol. The Hall–Kier alpha value is -5.17. The van der Waals surface area contributed by atoms with Gasteiger partial charge in [0.05, 0.1) is 57.6 Å². The second-order valence-corrected chi connectivity index (χ2v) is 41.3. The molecule has 4 aliphatic rings. The highest BCUT2D eigenvalue weighted by Crippen LogP contribution is 2.40. The van der Waals surface area contributed by atoms with E-state index in [4.69, 9.17) is 34.3 Å². The van der Waals surface area contributed by atoms with Crippen LogP contribution in [0.3, 0.4) is 0 Å². The van der Waals surface area contributed by atoms with Gasteiger partial charge >= 0.3 is 0 Å². The molecule has 460 valence electrons. The fourth-order valence-electron chi connectivity index (χ4n) is 10.8. The molecule has 10 heterocycles. The van der Waals surface area contributed by atoms with E-state index in [1.807, 2.05) is 70.4 Å². The molecule has 4 fully saturated rings. The number of rotatable bonds is 20. The Balaban J connectivity index is 0.000000135. The Morgan fingerprint density at radius 3 is 1.86 bits per heavy atom. The van der Waals surface area contributed by atoms with E-state index < -0.39 is 16.1 Å². The van der Waals surface area contributed by atoms with E-state index >= 15 is 0 Å². The number of fused-ring (bicyclic) bond motifs is 3. The Labute approximate surface area is 539 Å². The van der Waals surface area contributed by atoms with Gasteiger partial charge in [0.2, 0.25) is 15.1 Å². The topological polar surface area (TPSA) is 214 Å². The molecule has 3 saturated carbocycles. The maximum absolute atomic E-state index is 6.09. The highest BCUT2D eigenvalue weighted by molar-refractivity contribution is 9.10. The number of halogens is 2. The summed E-state index contributed by atoms with van der Waals surface area (Å²) in [6.45, 7) is 18.1. The standard InChI is InChI=1S/2C21H28BrN5OSSi.C19H22N6OS/c1-30(2,3)11-10-28-14-27(21-26-25-20(29-21)15-6-4-5-7-15)19-9-8-17-18(24-19)12-16(22)13-23-17;1-30(2,3)11-10-28-14-27-21(29-20(26-27)15-6-4-5-7-15)25-19-9-8-17-18(24-19)12-16(22)13-23-17;1-2-4-12(3-1)18-24-25-19(27-18)23-17-6-5-15-16(22-17)9-14(10-20-15)21-13-7-8-26-11-13/h2*8-9,12-13,15H,4-7,10-11,14H2,1-3H3;5-6,9-10,12-13,21H,1-4,7-8,11H2,(H,22,23,25). The number of hydrogen-bond acceptors (Lipinski definition) is 21. The van der Waals surface area contributed by atoms with Crippen LogP contribution in [0.5, 0.6) is 0 Å². The monoisotopic (exact) mass is 1390 g/mol. The van der Waals surface area contributed by atoms with Crippen LogP contribution in [0.2, 0.25) is 51.4 Å². The van der Waals surface area contributed by atoms with Crippen LogP contribution < -0.4 is 20.3 Å². The summed E-state index contributed by atoms with van der Waals surface area (Å²) in [5.74, 6) is 3.93. The van der Waals surface area contributed by atoms with Crippen molar-refractivity contribution in [3.8, 4) is 0 Å². The van der Waals surface area contributed by atoms with Crippen molar-refractivity contribution in [2.24, 2.45) is 4.99 Å². The lowest BCUT2D eigenvalue weighted by molar-refractivity contribution is 0.0757. The fourth-order valence-corrected chi connectivity index (χ4v) is 16.0. The molecule has 26 heteroatoms. The van der Waals surface area contributed by atoms with Gasteiger partial charge < -0.3 is 24.8 Å². The number of anilines is 5. The van der Waals surface area contributed by atoms with Crippen molar-refractivity contribution in [1.82, 2.24) is 60.1 Å². The van der Waals surface area contributed by atoms with Crippen LogP contribution in [0.1, 0.15) is 116 Å². The molecule has 0 bridgehead atoms. The normalized spacial score (nSPS) is 17.1. The molecule has 1 aliphatic heterocycles. The summed E-state index contributed by atoms with van der Waals surface area (Å²) in [6.07, 6.45) is 21.5. The molecule has 9 aromatic rings. The minimum Gasteiger partial charge on any atom is -0.379 e. The molecule has 13 rings (SSSR count). The summed E-state index contributed by atoms with van der Waals surface area (Å²) in [5.41, 5.74) is 6.09. The van der Waals surface area contributed by atoms with Crippen LogP contribution >= 0.6 is 65.9 Å². The second-order valence-electron chi connectivity index (χ2n) is 25.3. The van der Waals surface area contributed by atoms with E-state index in [9.17, 15) is 0 Å². The predicted molar refractivity (Wildman–Crippen MR) is 364 cm³/mol. The Morgan fingerprint density at radius 2 is 1.21 bits per heavy atom. The van der Waals surface area contributed by atoms with Gasteiger partial charge in [0.1, 0.15) is 40.1 Å². The van der Waals surface area contributed by atoms with Crippen molar-refractivity contribution in [3.05, 3.63) is 102 Å². The summed E-state index contributed by atoms with van der Waals surface area (Å²) in [4.78, 5) is 35.3. The lowest BCUT2D eigenvalue weighted by Crippen LogP contribution is -2.26. The molecule has 0 spiro atoms. The SMILES string of the molecule is C[Si](C)(C)CCOCN(c1ccc2ncc(Br)cc2n1)c1nnc(C2CCCC2)s1.C[Si](C)(C)CCOCn1nc(C2CCCC2)sc1=Nc1ccc2ncc(Br)cc2n1.c1nc2ccc(Nc3nnc(C4CCCC4)s3)nc2cc1NC1CCOC1. The first-order chi connectivity index (χ1) is 42.1. The molecule has 1 atom stereocenters. The first-order valence-electron chi connectivity index (χ1n) is 30.5. The van der Waals surface area contributed by atoms with Gasteiger partial charge in [-0.2, -0.15) is 10.1 Å². The van der Waals surface area contributed by atoms with Crippen LogP contribution in [0.15, 0.2) is 87.1 Å². The quantitative estimate of drug-likeness (QED) is 0.0412. The van der Waals surface area contributed by atoms with Gasteiger partial charge in [-0.05, 0) is 143 Å². The number of nitrogens with zero attached hydrogens (tertiary/aromatic N) is 14. The zero-order chi connectivity index (χ0) is 60.3. The van der Waals surface area contributed by atoms with Crippen molar-refractivity contribution in [1.29, 1.82) is 0 Å². The first kappa shape index (κ1) is 63.4. The largest absolute Gasteiger partial charge is 0.379 e. The summed E-state index contributed by atoms with van der Waals surface area (Å²) >= 11 is 11.9. The molecule has 3 aliphatic carbocycles. The van der Waals surface area contributed by atoms with E-state index in [0.717, 1.165) is 129 Å². The Kier molecular flexibility index (Phi) is 21.6. The van der Waals surface area contributed by atoms with Gasteiger partial charge in [0, 0.05) is 75.1 Å². The predicted octanol–water partition coefficient (Wildman–Crippen LogP) is 16.3. The smallest absolute Gasteiger partial charge is 0.215 e. The maximum Gasteiger partial charge on any atom is 0.215 e. The average molecular weight is 1400 g/mol. The van der Waals surface area contributed by atoms with Crippen LogP contribution in [-0.2, 0) is 20.9 Å². The highest BCUT2D eigenvalue weighted by Gasteiger charge is 2.26. The molecule has 0 radical (unpaired) electrons. The number of hydrogen-bond donors (Lipinski definition) is 2. The van der Waals surface area contributed by atoms with Crippen molar-refractivity contribution in [3.63, 3.8) is 0 Å². The van der Waals surface area contributed by atoms with Gasteiger partial charge in [-0.25, -0.2) is 19.6 Å². The second kappa shape index (κ2) is 29.6. The van der Waals surface area contributed by atoms with E-state index in [1.165, 1.54) is 82.1 Å². The molecule has 9 aromatic heterocycles. The van der Waals surface area contributed by atoms with Crippen molar-refractivity contribution in [2.45, 2.75) is 165 Å². The van der Waals surface area contributed by atoms with Gasteiger partial charge in [-0.15, -0.1) is 20.4 Å². The number of ether oxygens (including phenoxy) is 3. The van der Waals surface area contributed by atoms with E-state index in [-0.39, 0.29) is 0 Å². The van der Waals surface area contributed by atoms with Crippen molar-refractivity contribution >= 4 is 149 Å². The van der Waals surface area contributed by atoms with Crippen LogP contribution in [0.4, 0.5) is 33.4 Å².